The van der Waals surface area contributed by atoms with E-state index in [0.29, 0.717) is 5.92 Å². The molecule has 2 fully saturated rings. The van der Waals surface area contributed by atoms with Gasteiger partial charge in [0.15, 0.2) is 0 Å². The van der Waals surface area contributed by atoms with Crippen LogP contribution in [0.2, 0.25) is 0 Å². The van der Waals surface area contributed by atoms with Gasteiger partial charge in [-0.25, -0.2) is 0 Å². The molecule has 1 amide bonds. The zero-order valence-corrected chi connectivity index (χ0v) is 11.6. The second kappa shape index (κ2) is 5.20. The molecule has 0 aromatic heterocycles. The van der Waals surface area contributed by atoms with E-state index >= 15 is 0 Å². The molecule has 2 aliphatic rings. The second-order valence-electron chi connectivity index (χ2n) is 6.60. The highest BCUT2D eigenvalue weighted by molar-refractivity contribution is 5.84. The van der Waals surface area contributed by atoms with Gasteiger partial charge >= 0.3 is 0 Å². The summed E-state index contributed by atoms with van der Waals surface area (Å²) >= 11 is 0. The largest absolute Gasteiger partial charge is 0.379 e. The highest BCUT2D eigenvalue weighted by Crippen LogP contribution is 2.48. The maximum atomic E-state index is 11.8. The first-order valence-electron chi connectivity index (χ1n) is 7.26. The number of hydrogen-bond donors (Lipinski definition) is 2. The third kappa shape index (κ3) is 2.71. The molecule has 1 radical (unpaired) electrons. The van der Waals surface area contributed by atoms with E-state index in [4.69, 9.17) is 5.73 Å². The quantitative estimate of drug-likeness (QED) is 0.731. The van der Waals surface area contributed by atoms with Gasteiger partial charge in [0.1, 0.15) is 5.60 Å². The third-order valence-corrected chi connectivity index (χ3v) is 4.71. The molecule has 2 rings (SSSR count). The second-order valence-corrected chi connectivity index (χ2v) is 6.60. The summed E-state index contributed by atoms with van der Waals surface area (Å²) in [5, 5.41) is 10.8. The third-order valence-electron chi connectivity index (χ3n) is 4.71. The molecule has 0 unspecified atom stereocenters. The highest BCUT2D eigenvalue weighted by atomic mass is 16.3. The lowest BCUT2D eigenvalue weighted by Crippen LogP contribution is -2.53. The maximum absolute atomic E-state index is 11.8. The first-order chi connectivity index (χ1) is 8.44. The summed E-state index contributed by atoms with van der Waals surface area (Å²) in [5.74, 6) is 1.60. The van der Waals surface area contributed by atoms with Crippen LogP contribution in [0.3, 0.4) is 0 Å². The van der Waals surface area contributed by atoms with Gasteiger partial charge in [0.25, 0.3) is 0 Å². The van der Waals surface area contributed by atoms with Crippen LogP contribution >= 0.6 is 0 Å². The molecule has 0 aliphatic heterocycles. The van der Waals surface area contributed by atoms with E-state index in [1.54, 1.807) is 0 Å². The molecule has 0 bridgehead atoms. The molecule has 0 heterocycles. The van der Waals surface area contributed by atoms with Crippen LogP contribution in [0.15, 0.2) is 0 Å². The number of aliphatic hydroxyl groups is 1. The summed E-state index contributed by atoms with van der Waals surface area (Å²) in [5.41, 5.74) is 4.27. The standard InChI is InChI=1S/C15H26NO2/c1-10(2)8-13(9-11-4-3-5-11)15(18,14(16)17)12-6-7-12/h11-13,18H,3-9H2,1-2H3,(H2,16,17)/t13-,15-/m0/s1. The first kappa shape index (κ1) is 13.9. The molecular formula is C15H26NO2. The number of nitrogens with two attached hydrogens (primary N) is 1. The lowest BCUT2D eigenvalue weighted by atomic mass is 9.69. The number of carbonyl (C=O) groups excluding carboxylic acids is 1. The van der Waals surface area contributed by atoms with Crippen molar-refractivity contribution in [1.82, 2.24) is 0 Å². The minimum absolute atomic E-state index is 0.0257. The minimum atomic E-state index is -1.26. The lowest BCUT2D eigenvalue weighted by Gasteiger charge is -2.39. The zero-order chi connectivity index (χ0) is 13.3. The zero-order valence-electron chi connectivity index (χ0n) is 11.6. The van der Waals surface area contributed by atoms with Gasteiger partial charge in [0, 0.05) is 0 Å². The molecular weight excluding hydrogens is 226 g/mol. The van der Waals surface area contributed by atoms with E-state index in [1.165, 1.54) is 25.2 Å². The molecule has 0 saturated heterocycles. The Morgan fingerprint density at radius 2 is 1.94 bits per heavy atom. The molecule has 3 heteroatoms. The van der Waals surface area contributed by atoms with E-state index in [9.17, 15) is 9.90 Å². The van der Waals surface area contributed by atoms with Crippen LogP contribution in [-0.4, -0.2) is 16.6 Å². The fourth-order valence-electron chi connectivity index (χ4n) is 3.30. The predicted octanol–water partition coefficient (Wildman–Crippen LogP) is 2.42. The SMILES string of the molecule is C[C](C)C[C@@H](CC1CCC1)[C@](O)(C(N)=O)C1CC1. The van der Waals surface area contributed by atoms with Gasteiger partial charge < -0.3 is 10.8 Å². The van der Waals surface area contributed by atoms with Gasteiger partial charge in [-0.05, 0) is 49.4 Å². The Hall–Kier alpha value is -0.570. The van der Waals surface area contributed by atoms with E-state index < -0.39 is 11.5 Å². The molecule has 3 nitrogen and oxygen atoms in total. The van der Waals surface area contributed by atoms with Crippen molar-refractivity contribution in [2.24, 2.45) is 23.5 Å². The van der Waals surface area contributed by atoms with Crippen molar-refractivity contribution < 1.29 is 9.90 Å². The summed E-state index contributed by atoms with van der Waals surface area (Å²) < 4.78 is 0. The normalized spacial score (nSPS) is 25.6. The molecule has 2 saturated carbocycles. The molecule has 0 aromatic rings. The van der Waals surface area contributed by atoms with E-state index in [0.717, 1.165) is 25.7 Å². The van der Waals surface area contributed by atoms with Crippen LogP contribution in [0.1, 0.15) is 58.8 Å². The maximum Gasteiger partial charge on any atom is 0.249 e. The number of carbonyl (C=O) groups is 1. The Balaban J connectivity index is 2.10. The van der Waals surface area contributed by atoms with Crippen molar-refractivity contribution in [3.05, 3.63) is 5.92 Å². The molecule has 2 aliphatic carbocycles. The Labute approximate surface area is 110 Å². The van der Waals surface area contributed by atoms with Crippen molar-refractivity contribution in [1.29, 1.82) is 0 Å². The van der Waals surface area contributed by atoms with Gasteiger partial charge in [0.2, 0.25) is 5.91 Å². The van der Waals surface area contributed by atoms with Crippen molar-refractivity contribution >= 4 is 5.91 Å². The van der Waals surface area contributed by atoms with E-state index in [2.05, 4.69) is 13.8 Å². The van der Waals surface area contributed by atoms with Crippen molar-refractivity contribution in [2.45, 2.75) is 64.4 Å². The lowest BCUT2D eigenvalue weighted by molar-refractivity contribution is -0.147. The van der Waals surface area contributed by atoms with Crippen LogP contribution < -0.4 is 5.73 Å². The van der Waals surface area contributed by atoms with Crippen molar-refractivity contribution in [2.75, 3.05) is 0 Å². The summed E-state index contributed by atoms with van der Waals surface area (Å²) in [6, 6.07) is 0. The van der Waals surface area contributed by atoms with Gasteiger partial charge in [0.05, 0.1) is 0 Å². The van der Waals surface area contributed by atoms with Crippen molar-refractivity contribution in [3.8, 4) is 0 Å². The summed E-state index contributed by atoms with van der Waals surface area (Å²) in [7, 11) is 0. The molecule has 103 valence electrons. The fourth-order valence-corrected chi connectivity index (χ4v) is 3.30. The van der Waals surface area contributed by atoms with Crippen LogP contribution in [0.25, 0.3) is 0 Å². The number of hydrogen-bond acceptors (Lipinski definition) is 2. The van der Waals surface area contributed by atoms with Gasteiger partial charge in [-0.15, -0.1) is 0 Å². The number of amides is 1. The molecule has 18 heavy (non-hydrogen) atoms. The van der Waals surface area contributed by atoms with Crippen LogP contribution in [-0.2, 0) is 4.79 Å². The van der Waals surface area contributed by atoms with Gasteiger partial charge in [-0.2, -0.15) is 0 Å². The van der Waals surface area contributed by atoms with Crippen LogP contribution in [0, 0.1) is 23.7 Å². The molecule has 0 spiro atoms. The first-order valence-corrected chi connectivity index (χ1v) is 7.26. The van der Waals surface area contributed by atoms with Crippen molar-refractivity contribution in [3.63, 3.8) is 0 Å². The van der Waals surface area contributed by atoms with Gasteiger partial charge in [-0.3, -0.25) is 4.79 Å². The summed E-state index contributed by atoms with van der Waals surface area (Å²) in [6.45, 7) is 4.14. The summed E-state index contributed by atoms with van der Waals surface area (Å²) in [6.07, 6.45) is 7.47. The van der Waals surface area contributed by atoms with E-state index in [-0.39, 0.29) is 11.8 Å². The van der Waals surface area contributed by atoms with Crippen LogP contribution in [0.4, 0.5) is 0 Å². The van der Waals surface area contributed by atoms with Gasteiger partial charge in [-0.1, -0.05) is 33.1 Å². The average molecular weight is 252 g/mol. The smallest absolute Gasteiger partial charge is 0.249 e. The Kier molecular flexibility index (Phi) is 4.00. The van der Waals surface area contributed by atoms with E-state index in [1.807, 2.05) is 0 Å². The Morgan fingerprint density at radius 3 is 2.28 bits per heavy atom. The molecule has 3 N–H and O–H groups in total. The monoisotopic (exact) mass is 252 g/mol. The minimum Gasteiger partial charge on any atom is -0.379 e. The topological polar surface area (TPSA) is 63.3 Å². The number of primary amides is 1. The average Bonchev–Trinajstić information content (AvgIpc) is 3.03. The highest BCUT2D eigenvalue weighted by Gasteiger charge is 2.53. The predicted molar refractivity (Wildman–Crippen MR) is 71.5 cm³/mol. The Morgan fingerprint density at radius 1 is 1.33 bits per heavy atom. The Bertz CT molecular complexity index is 308. The fraction of sp³-hybridized carbons (Fsp3) is 0.867. The molecule has 0 aromatic carbocycles. The van der Waals surface area contributed by atoms with Crippen LogP contribution in [0.5, 0.6) is 0 Å². The number of rotatable bonds is 7. The molecule has 2 atom stereocenters. The summed E-state index contributed by atoms with van der Waals surface area (Å²) in [4.78, 5) is 11.8.